The maximum absolute atomic E-state index is 13.7. The Kier molecular flexibility index (Phi) is 3.57. The largest absolute Gasteiger partial charge is 0.496 e. The number of carbonyl (C=O) groups is 1. The normalized spacial score (nSPS) is 15.3. The third-order valence-electron chi connectivity index (χ3n) is 3.00. The summed E-state index contributed by atoms with van der Waals surface area (Å²) >= 11 is 0. The number of ketones is 1. The molecule has 1 aromatic carbocycles. The molecule has 0 aromatic heterocycles. The fourth-order valence-electron chi connectivity index (χ4n) is 2.10. The molecule has 0 spiro atoms. The Balaban J connectivity index is 2.39. The highest BCUT2D eigenvalue weighted by atomic mass is 19.1. The van der Waals surface area contributed by atoms with Crippen molar-refractivity contribution in [2.24, 2.45) is 0 Å². The molecule has 1 aliphatic carbocycles. The highest BCUT2D eigenvalue weighted by molar-refractivity contribution is 6.10. The van der Waals surface area contributed by atoms with Crippen LogP contribution in [-0.4, -0.2) is 12.9 Å². The van der Waals surface area contributed by atoms with Gasteiger partial charge in [-0.05, 0) is 43.4 Å². The Morgan fingerprint density at radius 2 is 2.18 bits per heavy atom. The lowest BCUT2D eigenvalue weighted by Gasteiger charge is -2.14. The van der Waals surface area contributed by atoms with Gasteiger partial charge < -0.3 is 4.74 Å². The second-order valence-electron chi connectivity index (χ2n) is 4.12. The van der Waals surface area contributed by atoms with E-state index in [-0.39, 0.29) is 11.3 Å². The van der Waals surface area contributed by atoms with Gasteiger partial charge in [0, 0.05) is 0 Å². The quantitative estimate of drug-likeness (QED) is 0.748. The molecular weight excluding hydrogens is 219 g/mol. The van der Waals surface area contributed by atoms with Crippen LogP contribution in [0.5, 0.6) is 5.75 Å². The van der Waals surface area contributed by atoms with Crippen molar-refractivity contribution in [1.82, 2.24) is 0 Å². The average molecular weight is 234 g/mol. The molecule has 0 saturated heterocycles. The molecular formula is C14H15FO2. The predicted molar refractivity (Wildman–Crippen MR) is 63.8 cm³/mol. The van der Waals surface area contributed by atoms with Crippen LogP contribution in [0.3, 0.4) is 0 Å². The van der Waals surface area contributed by atoms with E-state index in [9.17, 15) is 9.18 Å². The minimum atomic E-state index is -0.513. The van der Waals surface area contributed by atoms with Gasteiger partial charge in [-0.2, -0.15) is 0 Å². The van der Waals surface area contributed by atoms with E-state index in [1.165, 1.54) is 13.2 Å². The van der Waals surface area contributed by atoms with Crippen molar-refractivity contribution in [3.8, 4) is 5.75 Å². The molecule has 0 amide bonds. The molecule has 2 rings (SSSR count). The Labute approximate surface area is 100 Å². The summed E-state index contributed by atoms with van der Waals surface area (Å²) in [7, 11) is 1.45. The minimum Gasteiger partial charge on any atom is -0.496 e. The van der Waals surface area contributed by atoms with E-state index in [0.717, 1.165) is 25.7 Å². The third-order valence-corrected chi connectivity index (χ3v) is 3.00. The summed E-state index contributed by atoms with van der Waals surface area (Å²) in [5, 5.41) is 0. The summed E-state index contributed by atoms with van der Waals surface area (Å²) in [5.41, 5.74) is 0.766. The van der Waals surface area contributed by atoms with E-state index in [1.54, 1.807) is 12.1 Å². The molecule has 2 nitrogen and oxygen atoms in total. The second kappa shape index (κ2) is 5.13. The van der Waals surface area contributed by atoms with Crippen LogP contribution in [0.25, 0.3) is 0 Å². The maximum atomic E-state index is 13.7. The van der Waals surface area contributed by atoms with Gasteiger partial charge in [0.15, 0.2) is 5.78 Å². The molecule has 0 bridgehead atoms. The van der Waals surface area contributed by atoms with E-state index in [0.29, 0.717) is 11.3 Å². The van der Waals surface area contributed by atoms with Crippen molar-refractivity contribution in [2.75, 3.05) is 7.11 Å². The zero-order valence-corrected chi connectivity index (χ0v) is 9.83. The number of allylic oxidation sites excluding steroid dienone is 2. The summed E-state index contributed by atoms with van der Waals surface area (Å²) in [6.45, 7) is 0. The van der Waals surface area contributed by atoms with Gasteiger partial charge in [0.2, 0.25) is 0 Å². The lowest BCUT2D eigenvalue weighted by molar-refractivity contribution is 0.102. The molecule has 0 N–H and O–H groups in total. The van der Waals surface area contributed by atoms with E-state index in [2.05, 4.69) is 0 Å². The van der Waals surface area contributed by atoms with Gasteiger partial charge in [0.05, 0.1) is 12.7 Å². The molecule has 0 fully saturated rings. The summed E-state index contributed by atoms with van der Waals surface area (Å²) < 4.78 is 18.8. The number of Topliss-reactive ketones (excluding diaryl/α,β-unsaturated/α-hetero) is 1. The third kappa shape index (κ3) is 2.38. The minimum absolute atomic E-state index is 0.0585. The topological polar surface area (TPSA) is 26.3 Å². The van der Waals surface area contributed by atoms with Crippen LogP contribution in [0, 0.1) is 5.82 Å². The van der Waals surface area contributed by atoms with Crippen molar-refractivity contribution < 1.29 is 13.9 Å². The van der Waals surface area contributed by atoms with Gasteiger partial charge in [0.25, 0.3) is 0 Å². The average Bonchev–Trinajstić information content (AvgIpc) is 2.38. The first kappa shape index (κ1) is 11.8. The number of halogens is 1. The highest BCUT2D eigenvalue weighted by Gasteiger charge is 2.21. The lowest BCUT2D eigenvalue weighted by atomic mass is 9.92. The van der Waals surface area contributed by atoms with E-state index in [1.807, 2.05) is 6.08 Å². The standard InChI is InChI=1S/C14H15FO2/c1-17-12-9-5-8-11(15)13(12)14(16)10-6-3-2-4-7-10/h5-6,8-9H,2-4,7H2,1H3. The zero-order valence-electron chi connectivity index (χ0n) is 9.83. The zero-order chi connectivity index (χ0) is 12.3. The molecule has 0 saturated carbocycles. The molecule has 0 unspecified atom stereocenters. The van der Waals surface area contributed by atoms with Gasteiger partial charge in [-0.25, -0.2) is 4.39 Å². The Bertz CT molecular complexity index is 463. The van der Waals surface area contributed by atoms with Crippen LogP contribution in [0.4, 0.5) is 4.39 Å². The molecule has 0 atom stereocenters. The fraction of sp³-hybridized carbons (Fsp3) is 0.357. The van der Waals surface area contributed by atoms with E-state index >= 15 is 0 Å². The molecule has 3 heteroatoms. The van der Waals surface area contributed by atoms with Gasteiger partial charge >= 0.3 is 0 Å². The number of hydrogen-bond acceptors (Lipinski definition) is 2. The van der Waals surface area contributed by atoms with Crippen LogP contribution >= 0.6 is 0 Å². The number of benzene rings is 1. The van der Waals surface area contributed by atoms with Gasteiger partial charge in [0.1, 0.15) is 11.6 Å². The van der Waals surface area contributed by atoms with Crippen LogP contribution in [0.1, 0.15) is 36.0 Å². The monoisotopic (exact) mass is 234 g/mol. The van der Waals surface area contributed by atoms with Crippen molar-refractivity contribution in [3.05, 3.63) is 41.2 Å². The SMILES string of the molecule is COc1cccc(F)c1C(=O)C1=CCCCC1. The molecule has 17 heavy (non-hydrogen) atoms. The number of hydrogen-bond donors (Lipinski definition) is 0. The van der Waals surface area contributed by atoms with Crippen LogP contribution in [0.15, 0.2) is 29.8 Å². The van der Waals surface area contributed by atoms with Gasteiger partial charge in [-0.3, -0.25) is 4.79 Å². The molecule has 1 aliphatic rings. The Morgan fingerprint density at radius 3 is 2.82 bits per heavy atom. The van der Waals surface area contributed by atoms with Crippen LogP contribution in [0.2, 0.25) is 0 Å². The maximum Gasteiger partial charge on any atom is 0.195 e. The van der Waals surface area contributed by atoms with Crippen LogP contribution in [-0.2, 0) is 0 Å². The van der Waals surface area contributed by atoms with Crippen molar-refractivity contribution in [3.63, 3.8) is 0 Å². The number of rotatable bonds is 3. The summed E-state index contributed by atoms with van der Waals surface area (Å²) in [6, 6.07) is 4.44. The Hall–Kier alpha value is -1.64. The molecule has 0 heterocycles. The number of methoxy groups -OCH3 is 1. The van der Waals surface area contributed by atoms with E-state index in [4.69, 9.17) is 4.74 Å². The first-order chi connectivity index (χ1) is 8.24. The highest BCUT2D eigenvalue weighted by Crippen LogP contribution is 2.28. The summed E-state index contributed by atoms with van der Waals surface area (Å²) in [4.78, 5) is 12.2. The van der Waals surface area contributed by atoms with Crippen molar-refractivity contribution >= 4 is 5.78 Å². The Morgan fingerprint density at radius 1 is 1.35 bits per heavy atom. The smallest absolute Gasteiger partial charge is 0.195 e. The predicted octanol–water partition coefficient (Wildman–Crippen LogP) is 3.52. The number of ether oxygens (including phenoxy) is 1. The summed E-state index contributed by atoms with van der Waals surface area (Å²) in [6.07, 6.45) is 5.64. The summed E-state index contributed by atoms with van der Waals surface area (Å²) in [5.74, 6) is -0.443. The number of carbonyl (C=O) groups excluding carboxylic acids is 1. The molecule has 90 valence electrons. The van der Waals surface area contributed by atoms with Gasteiger partial charge in [-0.1, -0.05) is 12.1 Å². The van der Waals surface area contributed by atoms with Crippen LogP contribution < -0.4 is 4.74 Å². The van der Waals surface area contributed by atoms with Gasteiger partial charge in [-0.15, -0.1) is 0 Å². The first-order valence-corrected chi connectivity index (χ1v) is 5.80. The fourth-order valence-corrected chi connectivity index (χ4v) is 2.10. The molecule has 0 aliphatic heterocycles. The van der Waals surface area contributed by atoms with Crippen molar-refractivity contribution in [1.29, 1.82) is 0 Å². The molecule has 1 aromatic rings. The molecule has 0 radical (unpaired) electrons. The first-order valence-electron chi connectivity index (χ1n) is 5.80. The van der Waals surface area contributed by atoms with Crippen molar-refractivity contribution in [2.45, 2.75) is 25.7 Å². The lowest BCUT2D eigenvalue weighted by Crippen LogP contribution is -2.10. The second-order valence-corrected chi connectivity index (χ2v) is 4.12. The van der Waals surface area contributed by atoms with E-state index < -0.39 is 5.82 Å².